The zero-order chi connectivity index (χ0) is 14.4. The molecule has 2 rings (SSSR count). The lowest BCUT2D eigenvalue weighted by Gasteiger charge is -2.12. The van der Waals surface area contributed by atoms with E-state index in [4.69, 9.17) is 5.73 Å². The standard InChI is InChI=1S/C15H18N4O/c1-2-3-11-4-5-12(15(16)20)6-13(11)7-19-14-8-17-10-18-9-14/h4-6,8-10,19H,2-3,7H2,1H3,(H2,16,20). The van der Waals surface area contributed by atoms with Crippen molar-refractivity contribution in [3.63, 3.8) is 0 Å². The molecular formula is C15H18N4O. The van der Waals surface area contributed by atoms with Crippen molar-refractivity contribution >= 4 is 11.6 Å². The van der Waals surface area contributed by atoms with Crippen LogP contribution in [0.5, 0.6) is 0 Å². The molecule has 2 aromatic rings. The molecule has 1 aromatic carbocycles. The Kier molecular flexibility index (Phi) is 4.65. The maximum atomic E-state index is 11.3. The van der Waals surface area contributed by atoms with Crippen molar-refractivity contribution in [1.82, 2.24) is 9.97 Å². The highest BCUT2D eigenvalue weighted by Gasteiger charge is 2.07. The fourth-order valence-electron chi connectivity index (χ4n) is 2.04. The predicted molar refractivity (Wildman–Crippen MR) is 78.3 cm³/mol. The van der Waals surface area contributed by atoms with E-state index >= 15 is 0 Å². The summed E-state index contributed by atoms with van der Waals surface area (Å²) < 4.78 is 0. The number of carbonyl (C=O) groups excluding carboxylic acids is 1. The average molecular weight is 270 g/mol. The van der Waals surface area contributed by atoms with Crippen LogP contribution in [0.2, 0.25) is 0 Å². The number of rotatable bonds is 6. The molecule has 0 aliphatic heterocycles. The fourth-order valence-corrected chi connectivity index (χ4v) is 2.04. The largest absolute Gasteiger partial charge is 0.378 e. The number of amides is 1. The third kappa shape index (κ3) is 3.54. The number of aromatic nitrogens is 2. The minimum absolute atomic E-state index is 0.405. The van der Waals surface area contributed by atoms with E-state index in [1.54, 1.807) is 18.5 Å². The van der Waals surface area contributed by atoms with Gasteiger partial charge in [-0.05, 0) is 29.7 Å². The van der Waals surface area contributed by atoms with Crippen molar-refractivity contribution in [1.29, 1.82) is 0 Å². The molecule has 1 heterocycles. The minimum atomic E-state index is -0.405. The molecular weight excluding hydrogens is 252 g/mol. The number of nitrogens with two attached hydrogens (primary N) is 1. The summed E-state index contributed by atoms with van der Waals surface area (Å²) in [5, 5.41) is 3.25. The monoisotopic (exact) mass is 270 g/mol. The summed E-state index contributed by atoms with van der Waals surface area (Å²) in [7, 11) is 0. The predicted octanol–water partition coefficient (Wildman–Crippen LogP) is 2.14. The smallest absolute Gasteiger partial charge is 0.248 e. The molecule has 0 aliphatic carbocycles. The number of anilines is 1. The van der Waals surface area contributed by atoms with Crippen molar-refractivity contribution in [2.24, 2.45) is 5.73 Å². The van der Waals surface area contributed by atoms with Crippen molar-refractivity contribution in [2.45, 2.75) is 26.3 Å². The Morgan fingerprint density at radius 1 is 1.25 bits per heavy atom. The van der Waals surface area contributed by atoms with Gasteiger partial charge >= 0.3 is 0 Å². The second-order valence-electron chi connectivity index (χ2n) is 4.58. The van der Waals surface area contributed by atoms with E-state index in [9.17, 15) is 4.79 Å². The Bertz CT molecular complexity index is 584. The molecule has 5 nitrogen and oxygen atoms in total. The zero-order valence-corrected chi connectivity index (χ0v) is 11.5. The van der Waals surface area contributed by atoms with Crippen LogP contribution in [0.25, 0.3) is 0 Å². The molecule has 1 amide bonds. The molecule has 0 saturated carbocycles. The third-order valence-corrected chi connectivity index (χ3v) is 3.05. The summed E-state index contributed by atoms with van der Waals surface area (Å²) in [6.07, 6.45) is 6.94. The maximum absolute atomic E-state index is 11.3. The Morgan fingerprint density at radius 2 is 2.00 bits per heavy atom. The number of nitrogens with one attached hydrogen (secondary N) is 1. The lowest BCUT2D eigenvalue weighted by molar-refractivity contribution is 0.1000. The van der Waals surface area contributed by atoms with Gasteiger partial charge in [-0.3, -0.25) is 4.79 Å². The molecule has 104 valence electrons. The number of nitrogens with zero attached hydrogens (tertiary/aromatic N) is 2. The topological polar surface area (TPSA) is 80.9 Å². The molecule has 0 radical (unpaired) electrons. The summed E-state index contributed by atoms with van der Waals surface area (Å²) >= 11 is 0. The van der Waals surface area contributed by atoms with Crippen LogP contribution in [0.15, 0.2) is 36.9 Å². The van der Waals surface area contributed by atoms with Gasteiger partial charge in [-0.25, -0.2) is 9.97 Å². The minimum Gasteiger partial charge on any atom is -0.378 e. The summed E-state index contributed by atoms with van der Waals surface area (Å²) in [6.45, 7) is 2.74. The van der Waals surface area contributed by atoms with Crippen molar-refractivity contribution in [2.75, 3.05) is 5.32 Å². The van der Waals surface area contributed by atoms with Gasteiger partial charge < -0.3 is 11.1 Å². The molecule has 0 atom stereocenters. The van der Waals surface area contributed by atoms with Crippen molar-refractivity contribution in [3.8, 4) is 0 Å². The fraction of sp³-hybridized carbons (Fsp3) is 0.267. The van der Waals surface area contributed by atoms with Gasteiger partial charge in [0.2, 0.25) is 5.91 Å². The number of benzene rings is 1. The van der Waals surface area contributed by atoms with Gasteiger partial charge in [-0.15, -0.1) is 0 Å². The Balaban J connectivity index is 2.19. The van der Waals surface area contributed by atoms with Crippen LogP contribution in [0.3, 0.4) is 0 Å². The first kappa shape index (κ1) is 14.0. The maximum Gasteiger partial charge on any atom is 0.248 e. The van der Waals surface area contributed by atoms with E-state index < -0.39 is 5.91 Å². The van der Waals surface area contributed by atoms with Crippen LogP contribution in [0, 0.1) is 0 Å². The highest BCUT2D eigenvalue weighted by Crippen LogP contribution is 2.16. The lowest BCUT2D eigenvalue weighted by atomic mass is 10.00. The van der Waals surface area contributed by atoms with Gasteiger partial charge in [0.25, 0.3) is 0 Å². The van der Waals surface area contributed by atoms with Gasteiger partial charge in [-0.1, -0.05) is 19.4 Å². The van der Waals surface area contributed by atoms with Crippen LogP contribution in [0.4, 0.5) is 5.69 Å². The Hall–Kier alpha value is -2.43. The second kappa shape index (κ2) is 6.65. The van der Waals surface area contributed by atoms with Gasteiger partial charge in [0.1, 0.15) is 6.33 Å². The lowest BCUT2D eigenvalue weighted by Crippen LogP contribution is -2.13. The van der Waals surface area contributed by atoms with Gasteiger partial charge in [-0.2, -0.15) is 0 Å². The molecule has 5 heteroatoms. The SMILES string of the molecule is CCCc1ccc(C(N)=O)cc1CNc1cncnc1. The number of hydrogen-bond acceptors (Lipinski definition) is 4. The van der Waals surface area contributed by atoms with Gasteiger partial charge in [0, 0.05) is 12.1 Å². The van der Waals surface area contributed by atoms with Crippen molar-refractivity contribution in [3.05, 3.63) is 53.6 Å². The van der Waals surface area contributed by atoms with Crippen LogP contribution in [0.1, 0.15) is 34.8 Å². The number of carbonyl (C=O) groups is 1. The number of hydrogen-bond donors (Lipinski definition) is 2. The van der Waals surface area contributed by atoms with Crippen molar-refractivity contribution < 1.29 is 4.79 Å². The molecule has 1 aromatic heterocycles. The quantitative estimate of drug-likeness (QED) is 0.842. The molecule has 0 bridgehead atoms. The summed E-state index contributed by atoms with van der Waals surface area (Å²) in [5.74, 6) is -0.405. The first-order valence-corrected chi connectivity index (χ1v) is 6.61. The zero-order valence-electron chi connectivity index (χ0n) is 11.5. The molecule has 0 saturated heterocycles. The molecule has 0 spiro atoms. The van der Waals surface area contributed by atoms with E-state index in [0.717, 1.165) is 24.1 Å². The Morgan fingerprint density at radius 3 is 2.65 bits per heavy atom. The number of primary amides is 1. The molecule has 0 fully saturated rings. The molecule has 3 N–H and O–H groups in total. The number of aryl methyl sites for hydroxylation is 1. The summed E-state index contributed by atoms with van der Waals surface area (Å²) in [6, 6.07) is 5.61. The van der Waals surface area contributed by atoms with Gasteiger partial charge in [0.15, 0.2) is 0 Å². The first-order valence-electron chi connectivity index (χ1n) is 6.61. The van der Waals surface area contributed by atoms with Gasteiger partial charge in [0.05, 0.1) is 18.1 Å². The highest BCUT2D eigenvalue weighted by atomic mass is 16.1. The van der Waals surface area contributed by atoms with E-state index in [1.807, 2.05) is 12.1 Å². The van der Waals surface area contributed by atoms with Crippen LogP contribution in [-0.4, -0.2) is 15.9 Å². The Labute approximate surface area is 118 Å². The third-order valence-electron chi connectivity index (χ3n) is 3.05. The van der Waals surface area contributed by atoms with Crippen LogP contribution >= 0.6 is 0 Å². The van der Waals surface area contributed by atoms with Crippen LogP contribution < -0.4 is 11.1 Å². The molecule has 0 aliphatic rings. The summed E-state index contributed by atoms with van der Waals surface area (Å²) in [5.41, 5.74) is 9.01. The average Bonchev–Trinajstić information content (AvgIpc) is 2.47. The highest BCUT2D eigenvalue weighted by molar-refractivity contribution is 5.93. The molecule has 20 heavy (non-hydrogen) atoms. The van der Waals surface area contributed by atoms with E-state index in [1.165, 1.54) is 11.9 Å². The first-order chi connectivity index (χ1) is 9.70. The van der Waals surface area contributed by atoms with E-state index in [2.05, 4.69) is 22.2 Å². The van der Waals surface area contributed by atoms with E-state index in [-0.39, 0.29) is 0 Å². The normalized spacial score (nSPS) is 10.2. The van der Waals surface area contributed by atoms with E-state index in [0.29, 0.717) is 12.1 Å². The molecule has 0 unspecified atom stereocenters. The second-order valence-corrected chi connectivity index (χ2v) is 4.58. The van der Waals surface area contributed by atoms with Crippen LogP contribution in [-0.2, 0) is 13.0 Å². The summed E-state index contributed by atoms with van der Waals surface area (Å²) in [4.78, 5) is 19.2.